The molecule has 0 atom stereocenters. The Morgan fingerprint density at radius 1 is 1.04 bits per heavy atom. The number of aromatic amines is 1. The van der Waals surface area contributed by atoms with Crippen molar-refractivity contribution in [2.24, 2.45) is 0 Å². The van der Waals surface area contributed by atoms with E-state index in [9.17, 15) is 14.0 Å². The molecule has 3 rings (SSSR count). The van der Waals surface area contributed by atoms with Gasteiger partial charge < -0.3 is 19.5 Å². The van der Waals surface area contributed by atoms with Crippen molar-refractivity contribution in [2.45, 2.75) is 20.3 Å². The molecule has 1 fully saturated rings. The standard InChI is InChI=1S/C20H24FN3O3/c1-14-11-16(15(2)22-14)12-19(25)23-7-9-24(10-8-23)20(26)13-27-18-5-3-17(21)4-6-18/h3-6,11,22H,7-10,12-13H2,1-2H3. The highest BCUT2D eigenvalue weighted by atomic mass is 19.1. The lowest BCUT2D eigenvalue weighted by atomic mass is 10.1. The molecular formula is C20H24FN3O3. The van der Waals surface area contributed by atoms with E-state index in [4.69, 9.17) is 4.74 Å². The zero-order valence-corrected chi connectivity index (χ0v) is 15.6. The number of halogens is 1. The Bertz CT molecular complexity index is 808. The van der Waals surface area contributed by atoms with E-state index in [1.807, 2.05) is 19.9 Å². The summed E-state index contributed by atoms with van der Waals surface area (Å²) in [5.41, 5.74) is 3.09. The van der Waals surface area contributed by atoms with Crippen LogP contribution in [0.2, 0.25) is 0 Å². The average Bonchev–Trinajstić information content (AvgIpc) is 2.98. The highest BCUT2D eigenvalue weighted by Crippen LogP contribution is 2.14. The Kier molecular flexibility index (Phi) is 5.78. The molecule has 27 heavy (non-hydrogen) atoms. The number of nitrogens with zero attached hydrogens (tertiary/aromatic N) is 2. The molecule has 2 amide bonds. The summed E-state index contributed by atoms with van der Waals surface area (Å²) >= 11 is 0. The van der Waals surface area contributed by atoms with Crippen molar-refractivity contribution in [3.63, 3.8) is 0 Å². The third-order valence-corrected chi connectivity index (χ3v) is 4.76. The highest BCUT2D eigenvalue weighted by Gasteiger charge is 2.24. The first kappa shape index (κ1) is 18.9. The molecule has 6 nitrogen and oxygen atoms in total. The SMILES string of the molecule is Cc1cc(CC(=O)N2CCN(C(=O)COc3ccc(F)cc3)CC2)c(C)[nH]1. The minimum atomic E-state index is -0.348. The molecule has 2 aromatic rings. The van der Waals surface area contributed by atoms with Gasteiger partial charge in [0.2, 0.25) is 5.91 Å². The van der Waals surface area contributed by atoms with Gasteiger partial charge in [0, 0.05) is 37.6 Å². The molecule has 1 aromatic heterocycles. The summed E-state index contributed by atoms with van der Waals surface area (Å²) < 4.78 is 18.3. The second kappa shape index (κ2) is 8.24. The lowest BCUT2D eigenvalue weighted by Gasteiger charge is -2.34. The maximum Gasteiger partial charge on any atom is 0.260 e. The number of amides is 2. The predicted octanol–water partition coefficient (Wildman–Crippen LogP) is 2.06. The molecule has 1 saturated heterocycles. The van der Waals surface area contributed by atoms with Gasteiger partial charge in [0.05, 0.1) is 6.42 Å². The number of piperazine rings is 1. The Labute approximate surface area is 157 Å². The van der Waals surface area contributed by atoms with Crippen LogP contribution in [0.4, 0.5) is 4.39 Å². The third-order valence-electron chi connectivity index (χ3n) is 4.76. The molecule has 2 heterocycles. The van der Waals surface area contributed by atoms with Gasteiger partial charge in [-0.15, -0.1) is 0 Å². The number of hydrogen-bond donors (Lipinski definition) is 1. The van der Waals surface area contributed by atoms with Crippen molar-refractivity contribution in [3.8, 4) is 5.75 Å². The number of carbonyl (C=O) groups excluding carboxylic acids is 2. The monoisotopic (exact) mass is 373 g/mol. The first-order chi connectivity index (χ1) is 12.9. The van der Waals surface area contributed by atoms with Crippen LogP contribution in [-0.4, -0.2) is 59.4 Å². The van der Waals surface area contributed by atoms with Crippen molar-refractivity contribution < 1.29 is 18.7 Å². The van der Waals surface area contributed by atoms with Crippen LogP contribution < -0.4 is 4.74 Å². The normalized spacial score (nSPS) is 14.3. The van der Waals surface area contributed by atoms with Crippen LogP contribution >= 0.6 is 0 Å². The number of aromatic nitrogens is 1. The number of hydrogen-bond acceptors (Lipinski definition) is 3. The van der Waals surface area contributed by atoms with E-state index in [1.54, 1.807) is 9.80 Å². The van der Waals surface area contributed by atoms with Gasteiger partial charge in [0.25, 0.3) is 5.91 Å². The van der Waals surface area contributed by atoms with E-state index < -0.39 is 0 Å². The Morgan fingerprint density at radius 3 is 2.19 bits per heavy atom. The molecule has 1 aliphatic heterocycles. The summed E-state index contributed by atoms with van der Waals surface area (Å²) in [7, 11) is 0. The summed E-state index contributed by atoms with van der Waals surface area (Å²) in [6.45, 7) is 5.85. The molecule has 1 N–H and O–H groups in total. The predicted molar refractivity (Wildman–Crippen MR) is 99.0 cm³/mol. The first-order valence-corrected chi connectivity index (χ1v) is 9.01. The van der Waals surface area contributed by atoms with Gasteiger partial charge in [-0.3, -0.25) is 9.59 Å². The zero-order chi connectivity index (χ0) is 19.4. The molecule has 7 heteroatoms. The van der Waals surface area contributed by atoms with Crippen LogP contribution in [0.1, 0.15) is 17.0 Å². The summed E-state index contributed by atoms with van der Waals surface area (Å²) in [4.78, 5) is 31.5. The largest absolute Gasteiger partial charge is 0.484 e. The van der Waals surface area contributed by atoms with Crippen molar-refractivity contribution in [1.82, 2.24) is 14.8 Å². The highest BCUT2D eigenvalue weighted by molar-refractivity contribution is 5.80. The molecule has 0 saturated carbocycles. The number of carbonyl (C=O) groups is 2. The first-order valence-electron chi connectivity index (χ1n) is 9.01. The van der Waals surface area contributed by atoms with Crippen molar-refractivity contribution in [3.05, 3.63) is 53.1 Å². The van der Waals surface area contributed by atoms with Crippen LogP contribution in [0.25, 0.3) is 0 Å². The van der Waals surface area contributed by atoms with E-state index in [0.29, 0.717) is 38.3 Å². The quantitative estimate of drug-likeness (QED) is 0.873. The van der Waals surface area contributed by atoms with E-state index in [1.165, 1.54) is 24.3 Å². The minimum Gasteiger partial charge on any atom is -0.484 e. The number of benzene rings is 1. The van der Waals surface area contributed by atoms with Gasteiger partial charge in [-0.2, -0.15) is 0 Å². The van der Waals surface area contributed by atoms with Gasteiger partial charge in [0.1, 0.15) is 11.6 Å². The van der Waals surface area contributed by atoms with Crippen molar-refractivity contribution in [1.29, 1.82) is 0 Å². The van der Waals surface area contributed by atoms with Gasteiger partial charge in [-0.25, -0.2) is 4.39 Å². The van der Waals surface area contributed by atoms with Gasteiger partial charge in [-0.05, 0) is 49.7 Å². The molecule has 0 radical (unpaired) electrons. The average molecular weight is 373 g/mol. The molecule has 0 bridgehead atoms. The Morgan fingerprint density at radius 2 is 1.63 bits per heavy atom. The molecule has 0 unspecified atom stereocenters. The zero-order valence-electron chi connectivity index (χ0n) is 15.6. The van der Waals surface area contributed by atoms with Crippen LogP contribution in [-0.2, 0) is 16.0 Å². The second-order valence-corrected chi connectivity index (χ2v) is 6.78. The minimum absolute atomic E-state index is 0.0757. The van der Waals surface area contributed by atoms with Crippen LogP contribution in [0, 0.1) is 19.7 Å². The van der Waals surface area contributed by atoms with Gasteiger partial charge >= 0.3 is 0 Å². The second-order valence-electron chi connectivity index (χ2n) is 6.78. The summed E-state index contributed by atoms with van der Waals surface area (Å²) in [5.74, 6) is 0.0467. The Balaban J connectivity index is 1.45. The lowest BCUT2D eigenvalue weighted by Crippen LogP contribution is -2.52. The number of rotatable bonds is 5. The molecule has 144 valence electrons. The van der Waals surface area contributed by atoms with Crippen LogP contribution in [0.3, 0.4) is 0 Å². The molecule has 1 aromatic carbocycles. The lowest BCUT2D eigenvalue weighted by molar-refractivity contribution is -0.140. The summed E-state index contributed by atoms with van der Waals surface area (Å²) in [6.07, 6.45) is 0.373. The maximum atomic E-state index is 12.9. The smallest absolute Gasteiger partial charge is 0.260 e. The molecule has 0 aliphatic carbocycles. The van der Waals surface area contributed by atoms with E-state index in [0.717, 1.165) is 17.0 Å². The molecule has 1 aliphatic rings. The summed E-state index contributed by atoms with van der Waals surface area (Å²) in [5, 5.41) is 0. The molecular weight excluding hydrogens is 349 g/mol. The van der Waals surface area contributed by atoms with E-state index in [2.05, 4.69) is 4.98 Å². The third kappa shape index (κ3) is 4.87. The Hall–Kier alpha value is -2.83. The number of H-pyrrole nitrogens is 1. The number of ether oxygens (including phenoxy) is 1. The fourth-order valence-corrected chi connectivity index (χ4v) is 3.21. The van der Waals surface area contributed by atoms with Crippen LogP contribution in [0.15, 0.2) is 30.3 Å². The summed E-state index contributed by atoms with van der Waals surface area (Å²) in [6, 6.07) is 7.56. The topological polar surface area (TPSA) is 65.6 Å². The fraction of sp³-hybridized carbons (Fsp3) is 0.400. The van der Waals surface area contributed by atoms with Gasteiger partial charge in [-0.1, -0.05) is 0 Å². The van der Waals surface area contributed by atoms with E-state index >= 15 is 0 Å². The molecule has 0 spiro atoms. The van der Waals surface area contributed by atoms with Crippen molar-refractivity contribution >= 4 is 11.8 Å². The van der Waals surface area contributed by atoms with Crippen LogP contribution in [0.5, 0.6) is 5.75 Å². The number of aryl methyl sites for hydroxylation is 2. The van der Waals surface area contributed by atoms with Crippen molar-refractivity contribution in [2.75, 3.05) is 32.8 Å². The van der Waals surface area contributed by atoms with Gasteiger partial charge in [0.15, 0.2) is 6.61 Å². The maximum absolute atomic E-state index is 12.9. The van der Waals surface area contributed by atoms with E-state index in [-0.39, 0.29) is 24.2 Å². The number of nitrogens with one attached hydrogen (secondary N) is 1. The fourth-order valence-electron chi connectivity index (χ4n) is 3.21.